The second-order valence-electron chi connectivity index (χ2n) is 7.37. The first-order chi connectivity index (χ1) is 12.7. The van der Waals surface area contributed by atoms with Crippen LogP contribution in [0.5, 0.6) is 0 Å². The molecule has 1 aliphatic carbocycles. The van der Waals surface area contributed by atoms with Crippen molar-refractivity contribution >= 4 is 5.96 Å². The topological polar surface area (TPSA) is 45.5 Å². The maximum Gasteiger partial charge on any atom is 0.193 e. The first kappa shape index (κ1) is 17.1. The van der Waals surface area contributed by atoms with Crippen molar-refractivity contribution in [1.82, 2.24) is 19.8 Å². The normalized spacial score (nSPS) is 23.2. The van der Waals surface area contributed by atoms with Gasteiger partial charge in [-0.25, -0.2) is 9.37 Å². The first-order valence-electron chi connectivity index (χ1n) is 9.47. The van der Waals surface area contributed by atoms with E-state index in [0.717, 1.165) is 36.4 Å². The van der Waals surface area contributed by atoms with Crippen LogP contribution in [0.4, 0.5) is 4.39 Å². The minimum Gasteiger partial charge on any atom is -0.352 e. The fourth-order valence-corrected chi connectivity index (χ4v) is 4.36. The first-order valence-corrected chi connectivity index (χ1v) is 9.47. The third-order valence-corrected chi connectivity index (χ3v) is 5.73. The van der Waals surface area contributed by atoms with Crippen molar-refractivity contribution in [2.45, 2.75) is 32.2 Å². The van der Waals surface area contributed by atoms with Gasteiger partial charge in [0.25, 0.3) is 0 Å². The molecule has 1 aromatic heterocycles. The van der Waals surface area contributed by atoms with Crippen molar-refractivity contribution < 1.29 is 4.39 Å². The highest BCUT2D eigenvalue weighted by atomic mass is 19.1. The zero-order valence-corrected chi connectivity index (χ0v) is 15.2. The molecule has 0 amide bonds. The van der Waals surface area contributed by atoms with Crippen molar-refractivity contribution in [2.24, 2.45) is 16.8 Å². The molecule has 2 atom stereocenters. The third kappa shape index (κ3) is 3.45. The summed E-state index contributed by atoms with van der Waals surface area (Å²) >= 11 is 0. The number of hydrogen-bond acceptors (Lipinski definition) is 2. The molecule has 1 N–H and O–H groups in total. The molecule has 6 heteroatoms. The minimum absolute atomic E-state index is 0.246. The molecule has 1 saturated heterocycles. The molecule has 0 radical (unpaired) electrons. The van der Waals surface area contributed by atoms with Gasteiger partial charge in [0, 0.05) is 39.1 Å². The van der Waals surface area contributed by atoms with E-state index in [-0.39, 0.29) is 5.82 Å². The fraction of sp³-hybridized carbons (Fsp3) is 0.500. The van der Waals surface area contributed by atoms with Crippen LogP contribution >= 0.6 is 0 Å². The largest absolute Gasteiger partial charge is 0.352 e. The van der Waals surface area contributed by atoms with E-state index in [2.05, 4.69) is 20.2 Å². The number of nitrogens with zero attached hydrogens (tertiary/aromatic N) is 4. The predicted octanol–water partition coefficient (Wildman–Crippen LogP) is 3.21. The lowest BCUT2D eigenvalue weighted by molar-refractivity contribution is 0.299. The highest BCUT2D eigenvalue weighted by Crippen LogP contribution is 2.35. The molecule has 1 aromatic carbocycles. The Morgan fingerprint density at radius 1 is 1.27 bits per heavy atom. The van der Waals surface area contributed by atoms with E-state index in [1.807, 2.05) is 13.1 Å². The van der Waals surface area contributed by atoms with E-state index in [1.165, 1.54) is 25.7 Å². The quantitative estimate of drug-likeness (QED) is 0.679. The van der Waals surface area contributed by atoms with Gasteiger partial charge in [0.15, 0.2) is 5.96 Å². The Kier molecular flexibility index (Phi) is 4.91. The number of hydrogen-bond donors (Lipinski definition) is 1. The number of aromatic nitrogens is 2. The summed E-state index contributed by atoms with van der Waals surface area (Å²) in [5, 5.41) is 3.41. The highest BCUT2D eigenvalue weighted by Gasteiger charge is 2.35. The van der Waals surface area contributed by atoms with Gasteiger partial charge in [-0.1, -0.05) is 18.9 Å². The van der Waals surface area contributed by atoms with E-state index in [9.17, 15) is 4.39 Å². The van der Waals surface area contributed by atoms with Crippen molar-refractivity contribution in [3.63, 3.8) is 0 Å². The van der Waals surface area contributed by atoms with Crippen LogP contribution in [0.3, 0.4) is 0 Å². The van der Waals surface area contributed by atoms with Gasteiger partial charge in [-0.15, -0.1) is 0 Å². The summed E-state index contributed by atoms with van der Waals surface area (Å²) in [6.07, 6.45) is 10.4. The molecule has 0 bridgehead atoms. The SMILES string of the molecule is CN=C(NCc1ccc(-n2ccnc2)c(F)c1)N1CC2CCCCC2C1. The molecule has 2 aromatic rings. The maximum atomic E-state index is 14.4. The summed E-state index contributed by atoms with van der Waals surface area (Å²) in [5.41, 5.74) is 1.42. The average molecular weight is 355 g/mol. The van der Waals surface area contributed by atoms with Gasteiger partial charge in [-0.2, -0.15) is 0 Å². The molecule has 5 nitrogen and oxygen atoms in total. The Balaban J connectivity index is 1.39. The van der Waals surface area contributed by atoms with E-state index >= 15 is 0 Å². The van der Waals surface area contributed by atoms with Gasteiger partial charge in [-0.3, -0.25) is 4.99 Å². The molecular weight excluding hydrogens is 329 g/mol. The Labute approximate surface area is 154 Å². The van der Waals surface area contributed by atoms with Crippen molar-refractivity contribution in [2.75, 3.05) is 20.1 Å². The van der Waals surface area contributed by atoms with Gasteiger partial charge in [0.2, 0.25) is 0 Å². The summed E-state index contributed by atoms with van der Waals surface area (Å²) in [4.78, 5) is 10.8. The number of benzene rings is 1. The van der Waals surface area contributed by atoms with E-state index < -0.39 is 0 Å². The molecule has 0 spiro atoms. The van der Waals surface area contributed by atoms with E-state index in [1.54, 1.807) is 35.4 Å². The lowest BCUT2D eigenvalue weighted by Crippen LogP contribution is -2.39. The van der Waals surface area contributed by atoms with E-state index in [4.69, 9.17) is 0 Å². The second-order valence-corrected chi connectivity index (χ2v) is 7.37. The molecule has 1 aliphatic heterocycles. The molecule has 2 unspecified atom stereocenters. The monoisotopic (exact) mass is 355 g/mol. The number of nitrogens with one attached hydrogen (secondary N) is 1. The summed E-state index contributed by atoms with van der Waals surface area (Å²) in [7, 11) is 1.83. The fourth-order valence-electron chi connectivity index (χ4n) is 4.36. The zero-order chi connectivity index (χ0) is 17.9. The minimum atomic E-state index is -0.246. The second kappa shape index (κ2) is 7.48. The van der Waals surface area contributed by atoms with Crippen LogP contribution in [0, 0.1) is 17.7 Å². The molecule has 2 fully saturated rings. The Morgan fingerprint density at radius 2 is 2.04 bits per heavy atom. The highest BCUT2D eigenvalue weighted by molar-refractivity contribution is 5.80. The third-order valence-electron chi connectivity index (χ3n) is 5.73. The van der Waals surface area contributed by atoms with Crippen molar-refractivity contribution in [3.8, 4) is 5.69 Å². The maximum absolute atomic E-state index is 14.4. The van der Waals surface area contributed by atoms with Gasteiger partial charge in [0.1, 0.15) is 5.82 Å². The van der Waals surface area contributed by atoms with Crippen molar-refractivity contribution in [1.29, 1.82) is 0 Å². The molecule has 2 heterocycles. The smallest absolute Gasteiger partial charge is 0.193 e. The number of guanidine groups is 1. The number of aliphatic imine (C=N–C) groups is 1. The number of halogens is 1. The molecular formula is C20H26FN5. The molecule has 26 heavy (non-hydrogen) atoms. The van der Waals surface area contributed by atoms with Crippen molar-refractivity contribution in [3.05, 3.63) is 48.3 Å². The van der Waals surface area contributed by atoms with E-state index in [0.29, 0.717) is 12.2 Å². The summed E-state index contributed by atoms with van der Waals surface area (Å²) in [5.74, 6) is 2.31. The lowest BCUT2D eigenvalue weighted by atomic mass is 9.82. The Bertz CT molecular complexity index is 757. The van der Waals surface area contributed by atoms with Crippen LogP contribution in [-0.4, -0.2) is 40.5 Å². The summed E-state index contributed by atoms with van der Waals surface area (Å²) < 4.78 is 16.1. The van der Waals surface area contributed by atoms with Gasteiger partial charge < -0.3 is 14.8 Å². The number of fused-ring (bicyclic) bond motifs is 1. The van der Waals surface area contributed by atoms with Crippen LogP contribution in [0.1, 0.15) is 31.2 Å². The molecule has 4 rings (SSSR count). The zero-order valence-electron chi connectivity index (χ0n) is 15.2. The van der Waals surface area contributed by atoms with Crippen LogP contribution in [0.2, 0.25) is 0 Å². The van der Waals surface area contributed by atoms with Crippen LogP contribution in [-0.2, 0) is 6.54 Å². The number of rotatable bonds is 3. The Hall–Kier alpha value is -2.37. The van der Waals surface area contributed by atoms with Gasteiger partial charge in [0.05, 0.1) is 12.0 Å². The standard InChI is InChI=1S/C20H26FN5/c1-22-20(26-12-16-4-2-3-5-17(16)13-26)24-11-15-6-7-19(18(21)10-15)25-9-8-23-14-25/h6-10,14,16-17H,2-5,11-13H2,1H3,(H,22,24). The number of likely N-dealkylation sites (tertiary alicyclic amines) is 1. The van der Waals surface area contributed by atoms with Gasteiger partial charge >= 0.3 is 0 Å². The van der Waals surface area contributed by atoms with Crippen LogP contribution < -0.4 is 5.32 Å². The molecule has 2 aliphatic rings. The number of imidazole rings is 1. The Morgan fingerprint density at radius 3 is 2.65 bits per heavy atom. The summed E-state index contributed by atoms with van der Waals surface area (Å²) in [6.45, 7) is 2.76. The lowest BCUT2D eigenvalue weighted by Gasteiger charge is -2.22. The average Bonchev–Trinajstić information content (AvgIpc) is 3.32. The predicted molar refractivity (Wildman–Crippen MR) is 101 cm³/mol. The van der Waals surface area contributed by atoms with Crippen LogP contribution in [0.25, 0.3) is 5.69 Å². The van der Waals surface area contributed by atoms with Crippen LogP contribution in [0.15, 0.2) is 41.9 Å². The molecule has 138 valence electrons. The van der Waals surface area contributed by atoms with Gasteiger partial charge in [-0.05, 0) is 42.4 Å². The summed E-state index contributed by atoms with van der Waals surface area (Å²) in [6, 6.07) is 5.32. The molecule has 1 saturated carbocycles.